The van der Waals surface area contributed by atoms with Crippen LogP contribution in [0.25, 0.3) is 0 Å². The van der Waals surface area contributed by atoms with Gasteiger partial charge in [0.15, 0.2) is 5.82 Å². The first-order valence-corrected chi connectivity index (χ1v) is 6.01. The van der Waals surface area contributed by atoms with E-state index in [1.807, 2.05) is 0 Å². The molecule has 2 rings (SSSR count). The van der Waals surface area contributed by atoms with Crippen LogP contribution in [-0.4, -0.2) is 64.3 Å². The summed E-state index contributed by atoms with van der Waals surface area (Å²) >= 11 is 0. The first kappa shape index (κ1) is 13.3. The zero-order valence-corrected chi connectivity index (χ0v) is 10.6. The average Bonchev–Trinajstić information content (AvgIpc) is 2.90. The molecule has 1 saturated heterocycles. The third-order valence-electron chi connectivity index (χ3n) is 2.91. The fourth-order valence-electron chi connectivity index (χ4n) is 1.86. The molecule has 1 aromatic rings. The molecule has 1 aromatic heterocycles. The van der Waals surface area contributed by atoms with Crippen LogP contribution in [0.5, 0.6) is 0 Å². The van der Waals surface area contributed by atoms with Crippen LogP contribution in [0.1, 0.15) is 6.92 Å². The van der Waals surface area contributed by atoms with Crippen molar-refractivity contribution in [1.82, 2.24) is 15.0 Å². The summed E-state index contributed by atoms with van der Waals surface area (Å²) in [6.45, 7) is 3.10. The van der Waals surface area contributed by atoms with E-state index in [0.29, 0.717) is 32.0 Å². The predicted octanol–water partition coefficient (Wildman–Crippen LogP) is -0.269. The molecule has 19 heavy (non-hydrogen) atoms. The third kappa shape index (κ3) is 3.22. The molecule has 0 radical (unpaired) electrons. The van der Waals surface area contributed by atoms with Crippen molar-refractivity contribution in [2.24, 2.45) is 0 Å². The van der Waals surface area contributed by atoms with Crippen molar-refractivity contribution in [3.63, 3.8) is 0 Å². The number of piperazine rings is 1. The molecule has 1 aliphatic heterocycles. The number of hydrogen-bond donors (Lipinski definition) is 2. The Balaban J connectivity index is 1.83. The van der Waals surface area contributed by atoms with Gasteiger partial charge in [-0.05, 0) is 6.92 Å². The summed E-state index contributed by atoms with van der Waals surface area (Å²) in [5, 5.41) is 15.4. The van der Waals surface area contributed by atoms with Gasteiger partial charge in [0.25, 0.3) is 5.91 Å². The molecule has 0 aliphatic carbocycles. The van der Waals surface area contributed by atoms with Crippen molar-refractivity contribution in [3.05, 3.63) is 12.3 Å². The van der Waals surface area contributed by atoms with Gasteiger partial charge in [0.1, 0.15) is 12.4 Å². The van der Waals surface area contributed by atoms with Gasteiger partial charge >= 0.3 is 6.03 Å². The first-order valence-electron chi connectivity index (χ1n) is 6.01. The van der Waals surface area contributed by atoms with Crippen molar-refractivity contribution < 1.29 is 19.2 Å². The fraction of sp³-hybridized carbons (Fsp3) is 0.545. The normalized spacial score (nSPS) is 17.2. The Hall–Kier alpha value is -2.09. The van der Waals surface area contributed by atoms with E-state index < -0.39 is 6.10 Å². The average molecular weight is 268 g/mol. The maximum absolute atomic E-state index is 11.9. The minimum atomic E-state index is -1.00. The zero-order valence-electron chi connectivity index (χ0n) is 10.6. The van der Waals surface area contributed by atoms with Gasteiger partial charge in [-0.1, -0.05) is 5.16 Å². The third-order valence-corrected chi connectivity index (χ3v) is 2.91. The van der Waals surface area contributed by atoms with Gasteiger partial charge in [0.05, 0.1) is 0 Å². The first-order chi connectivity index (χ1) is 9.08. The minimum absolute atomic E-state index is 0.280. The number of amides is 3. The highest BCUT2D eigenvalue weighted by atomic mass is 16.5. The van der Waals surface area contributed by atoms with Gasteiger partial charge in [-0.25, -0.2) is 4.79 Å². The lowest BCUT2D eigenvalue weighted by atomic mass is 10.2. The number of aliphatic hydroxyl groups excluding tert-OH is 1. The summed E-state index contributed by atoms with van der Waals surface area (Å²) in [6.07, 6.45) is 0.366. The van der Waals surface area contributed by atoms with Crippen molar-refractivity contribution >= 4 is 17.8 Å². The molecule has 0 saturated carbocycles. The van der Waals surface area contributed by atoms with Gasteiger partial charge in [-0.3, -0.25) is 10.1 Å². The molecule has 8 heteroatoms. The van der Waals surface area contributed by atoms with Crippen LogP contribution >= 0.6 is 0 Å². The molecule has 0 bridgehead atoms. The standard InChI is InChI=1S/C11H16N4O4/c1-8(16)10(17)14-3-5-15(6-4-14)11(18)12-9-2-7-19-13-9/h2,7-8,16H,3-6H2,1H3,(H,12,13,18). The molecule has 1 aliphatic rings. The largest absolute Gasteiger partial charge is 0.384 e. The number of rotatable bonds is 2. The quantitative estimate of drug-likeness (QED) is 0.769. The fourth-order valence-corrected chi connectivity index (χ4v) is 1.86. The molecule has 1 unspecified atom stereocenters. The van der Waals surface area contributed by atoms with Crippen LogP contribution in [0, 0.1) is 0 Å². The summed E-state index contributed by atoms with van der Waals surface area (Å²) in [6, 6.07) is 1.27. The SMILES string of the molecule is CC(O)C(=O)N1CCN(C(=O)Nc2ccon2)CC1. The number of anilines is 1. The molecule has 1 fully saturated rings. The van der Waals surface area contributed by atoms with Crippen LogP contribution in [0.15, 0.2) is 16.9 Å². The number of urea groups is 1. The van der Waals surface area contributed by atoms with E-state index in [9.17, 15) is 14.7 Å². The number of carbonyl (C=O) groups excluding carboxylic acids is 2. The van der Waals surface area contributed by atoms with Gasteiger partial charge in [0.2, 0.25) is 0 Å². The van der Waals surface area contributed by atoms with E-state index >= 15 is 0 Å². The van der Waals surface area contributed by atoms with Crippen LogP contribution in [0.2, 0.25) is 0 Å². The summed E-state index contributed by atoms with van der Waals surface area (Å²) in [7, 11) is 0. The van der Waals surface area contributed by atoms with Gasteiger partial charge < -0.3 is 19.4 Å². The van der Waals surface area contributed by atoms with Crippen molar-refractivity contribution in [2.45, 2.75) is 13.0 Å². The van der Waals surface area contributed by atoms with E-state index in [1.54, 1.807) is 15.9 Å². The van der Waals surface area contributed by atoms with Crippen LogP contribution in [0.4, 0.5) is 10.6 Å². The number of nitrogens with one attached hydrogen (secondary N) is 1. The molecular weight excluding hydrogens is 252 g/mol. The minimum Gasteiger partial charge on any atom is -0.384 e. The maximum Gasteiger partial charge on any atom is 0.323 e. The Morgan fingerprint density at radius 1 is 1.37 bits per heavy atom. The lowest BCUT2D eigenvalue weighted by Crippen LogP contribution is -2.53. The van der Waals surface area contributed by atoms with E-state index in [4.69, 9.17) is 0 Å². The second kappa shape index (κ2) is 5.70. The Morgan fingerprint density at radius 2 is 2.00 bits per heavy atom. The maximum atomic E-state index is 11.9. The summed E-state index contributed by atoms with van der Waals surface area (Å²) in [5.74, 6) is 0.0454. The zero-order chi connectivity index (χ0) is 13.8. The Morgan fingerprint density at radius 3 is 2.53 bits per heavy atom. The highest BCUT2D eigenvalue weighted by Crippen LogP contribution is 2.07. The molecule has 0 aromatic carbocycles. The molecule has 0 spiro atoms. The summed E-state index contributed by atoms with van der Waals surface area (Å²) in [4.78, 5) is 26.6. The monoisotopic (exact) mass is 268 g/mol. The van der Waals surface area contributed by atoms with Gasteiger partial charge in [-0.2, -0.15) is 0 Å². The van der Waals surface area contributed by atoms with E-state index in [0.717, 1.165) is 0 Å². The highest BCUT2D eigenvalue weighted by molar-refractivity contribution is 5.88. The smallest absolute Gasteiger partial charge is 0.323 e. The van der Waals surface area contributed by atoms with Crippen molar-refractivity contribution in [2.75, 3.05) is 31.5 Å². The van der Waals surface area contributed by atoms with Crippen LogP contribution < -0.4 is 5.32 Å². The Kier molecular flexibility index (Phi) is 4.00. The van der Waals surface area contributed by atoms with Crippen molar-refractivity contribution in [3.8, 4) is 0 Å². The molecule has 2 N–H and O–H groups in total. The molecule has 2 heterocycles. The number of carbonyl (C=O) groups is 2. The van der Waals surface area contributed by atoms with Gasteiger partial charge in [0, 0.05) is 32.2 Å². The van der Waals surface area contributed by atoms with E-state index in [1.165, 1.54) is 13.2 Å². The number of aromatic nitrogens is 1. The lowest BCUT2D eigenvalue weighted by molar-refractivity contribution is -0.140. The van der Waals surface area contributed by atoms with Crippen molar-refractivity contribution in [1.29, 1.82) is 0 Å². The molecular formula is C11H16N4O4. The topological polar surface area (TPSA) is 98.9 Å². The lowest BCUT2D eigenvalue weighted by Gasteiger charge is -2.35. The Labute approximate surface area is 109 Å². The highest BCUT2D eigenvalue weighted by Gasteiger charge is 2.26. The second-order valence-electron chi connectivity index (χ2n) is 4.30. The summed E-state index contributed by atoms with van der Waals surface area (Å²) in [5.41, 5.74) is 0. The van der Waals surface area contributed by atoms with E-state index in [-0.39, 0.29) is 11.9 Å². The van der Waals surface area contributed by atoms with Crippen LogP contribution in [0.3, 0.4) is 0 Å². The molecule has 8 nitrogen and oxygen atoms in total. The molecule has 104 valence electrons. The predicted molar refractivity (Wildman–Crippen MR) is 65.4 cm³/mol. The number of hydrogen-bond acceptors (Lipinski definition) is 5. The number of aliphatic hydroxyl groups is 1. The molecule has 3 amide bonds. The van der Waals surface area contributed by atoms with E-state index in [2.05, 4.69) is 15.0 Å². The number of nitrogens with zero attached hydrogens (tertiary/aromatic N) is 3. The Bertz CT molecular complexity index is 438. The van der Waals surface area contributed by atoms with Crippen LogP contribution in [-0.2, 0) is 4.79 Å². The molecule has 1 atom stereocenters. The second-order valence-corrected chi connectivity index (χ2v) is 4.30. The summed E-state index contributed by atoms with van der Waals surface area (Å²) < 4.78 is 4.61. The van der Waals surface area contributed by atoms with Gasteiger partial charge in [-0.15, -0.1) is 0 Å².